The maximum Gasteiger partial charge on any atom is -0.00805 e. The van der Waals surface area contributed by atoms with Gasteiger partial charge in [-0.2, -0.15) is 0 Å². The van der Waals surface area contributed by atoms with Crippen LogP contribution >= 0.6 is 0 Å². The Bertz CT molecular complexity index is 339. The van der Waals surface area contributed by atoms with Crippen LogP contribution in [0.2, 0.25) is 0 Å². The molecule has 0 N–H and O–H groups in total. The van der Waals surface area contributed by atoms with E-state index in [-0.39, 0.29) is 0 Å². The summed E-state index contributed by atoms with van der Waals surface area (Å²) in [6.45, 7) is 13.8. The number of benzene rings is 1. The van der Waals surface area contributed by atoms with E-state index in [0.717, 1.165) is 0 Å². The van der Waals surface area contributed by atoms with E-state index in [4.69, 9.17) is 0 Å². The van der Waals surface area contributed by atoms with Gasteiger partial charge in [-0.1, -0.05) is 65.8 Å². The lowest BCUT2D eigenvalue weighted by molar-refractivity contribution is 0.438. The summed E-state index contributed by atoms with van der Waals surface area (Å²) >= 11 is 0. The molecule has 0 spiro atoms. The van der Waals surface area contributed by atoms with Crippen molar-refractivity contribution >= 4 is 0 Å². The monoisotopic (exact) mass is 232 g/mol. The topological polar surface area (TPSA) is 0 Å². The molecule has 0 unspecified atom stereocenters. The highest BCUT2D eigenvalue weighted by atomic mass is 14.3. The minimum Gasteiger partial charge on any atom is -0.0646 e. The second-order valence-electron chi connectivity index (χ2n) is 6.08. The van der Waals surface area contributed by atoms with Crippen molar-refractivity contribution in [3.8, 4) is 0 Å². The van der Waals surface area contributed by atoms with Crippen LogP contribution in [0.1, 0.15) is 71.9 Å². The largest absolute Gasteiger partial charge is 0.0646 e. The van der Waals surface area contributed by atoms with Crippen molar-refractivity contribution in [2.45, 2.75) is 71.6 Å². The van der Waals surface area contributed by atoms with E-state index >= 15 is 0 Å². The van der Waals surface area contributed by atoms with Crippen LogP contribution in [0.4, 0.5) is 0 Å². The van der Waals surface area contributed by atoms with Gasteiger partial charge in [-0.3, -0.25) is 0 Å². The molecule has 0 atom stereocenters. The SMILES string of the molecule is CCC(C)(C)c1ccc(C(C)(CC)CC)cc1. The number of hydrogen-bond donors (Lipinski definition) is 0. The summed E-state index contributed by atoms with van der Waals surface area (Å²) in [5, 5.41) is 0. The van der Waals surface area contributed by atoms with Gasteiger partial charge in [-0.05, 0) is 41.2 Å². The first-order valence-corrected chi connectivity index (χ1v) is 7.00. The Hall–Kier alpha value is -0.780. The van der Waals surface area contributed by atoms with E-state index in [1.54, 1.807) is 0 Å². The zero-order valence-corrected chi connectivity index (χ0v) is 12.4. The first-order valence-electron chi connectivity index (χ1n) is 7.00. The molecule has 0 heterocycles. The molecule has 0 aliphatic rings. The number of rotatable bonds is 5. The van der Waals surface area contributed by atoms with Crippen molar-refractivity contribution in [1.82, 2.24) is 0 Å². The normalized spacial score (nSPS) is 12.8. The predicted molar refractivity (Wildman–Crippen MR) is 77.7 cm³/mol. The molecular weight excluding hydrogens is 204 g/mol. The van der Waals surface area contributed by atoms with Crippen LogP contribution in [0.15, 0.2) is 24.3 Å². The van der Waals surface area contributed by atoms with E-state index in [1.165, 1.54) is 30.4 Å². The van der Waals surface area contributed by atoms with E-state index in [9.17, 15) is 0 Å². The molecule has 0 heteroatoms. The molecule has 0 radical (unpaired) electrons. The average molecular weight is 232 g/mol. The van der Waals surface area contributed by atoms with Crippen molar-refractivity contribution in [3.63, 3.8) is 0 Å². The van der Waals surface area contributed by atoms with Crippen molar-refractivity contribution in [1.29, 1.82) is 0 Å². The van der Waals surface area contributed by atoms with Crippen LogP contribution < -0.4 is 0 Å². The summed E-state index contributed by atoms with van der Waals surface area (Å²) in [5.74, 6) is 0. The first kappa shape index (κ1) is 14.3. The number of hydrogen-bond acceptors (Lipinski definition) is 0. The lowest BCUT2D eigenvalue weighted by Gasteiger charge is -2.29. The lowest BCUT2D eigenvalue weighted by Crippen LogP contribution is -2.20. The molecule has 1 aromatic carbocycles. The molecule has 0 amide bonds. The second-order valence-corrected chi connectivity index (χ2v) is 6.08. The summed E-state index contributed by atoms with van der Waals surface area (Å²) in [7, 11) is 0. The molecule has 0 bridgehead atoms. The molecule has 17 heavy (non-hydrogen) atoms. The Balaban J connectivity index is 3.03. The van der Waals surface area contributed by atoms with E-state index in [2.05, 4.69) is 65.8 Å². The molecule has 0 saturated carbocycles. The minimum absolute atomic E-state index is 0.299. The highest BCUT2D eigenvalue weighted by Crippen LogP contribution is 2.33. The summed E-state index contributed by atoms with van der Waals surface area (Å²) in [6.07, 6.45) is 3.60. The van der Waals surface area contributed by atoms with Gasteiger partial charge in [0.2, 0.25) is 0 Å². The lowest BCUT2D eigenvalue weighted by atomic mass is 9.76. The third kappa shape index (κ3) is 2.91. The third-order valence-corrected chi connectivity index (χ3v) is 4.81. The van der Waals surface area contributed by atoms with Crippen LogP contribution in [0.3, 0.4) is 0 Å². The van der Waals surface area contributed by atoms with Gasteiger partial charge in [0.25, 0.3) is 0 Å². The van der Waals surface area contributed by atoms with Crippen LogP contribution in [0.5, 0.6) is 0 Å². The van der Waals surface area contributed by atoms with Crippen LogP contribution in [0.25, 0.3) is 0 Å². The molecule has 0 saturated heterocycles. The van der Waals surface area contributed by atoms with Crippen LogP contribution in [0, 0.1) is 0 Å². The summed E-state index contributed by atoms with van der Waals surface area (Å²) < 4.78 is 0. The zero-order valence-electron chi connectivity index (χ0n) is 12.4. The summed E-state index contributed by atoms with van der Waals surface area (Å²) in [6, 6.07) is 9.31. The van der Waals surface area contributed by atoms with Crippen molar-refractivity contribution in [2.75, 3.05) is 0 Å². The van der Waals surface area contributed by atoms with Gasteiger partial charge in [0.05, 0.1) is 0 Å². The van der Waals surface area contributed by atoms with Gasteiger partial charge in [0.1, 0.15) is 0 Å². The summed E-state index contributed by atoms with van der Waals surface area (Å²) in [5.41, 5.74) is 3.58. The zero-order chi connectivity index (χ0) is 13.1. The third-order valence-electron chi connectivity index (χ3n) is 4.81. The van der Waals surface area contributed by atoms with Gasteiger partial charge < -0.3 is 0 Å². The molecule has 0 aliphatic heterocycles. The molecule has 1 rings (SSSR count). The first-order chi connectivity index (χ1) is 7.89. The molecule has 1 aromatic rings. The van der Waals surface area contributed by atoms with Gasteiger partial charge in [-0.15, -0.1) is 0 Å². The van der Waals surface area contributed by atoms with Gasteiger partial charge in [0.15, 0.2) is 0 Å². The molecule has 0 fully saturated rings. The Morgan fingerprint density at radius 2 is 1.12 bits per heavy atom. The second kappa shape index (κ2) is 5.25. The van der Waals surface area contributed by atoms with Gasteiger partial charge >= 0.3 is 0 Å². The fourth-order valence-corrected chi connectivity index (χ4v) is 2.19. The highest BCUT2D eigenvalue weighted by Gasteiger charge is 2.23. The molecule has 96 valence electrons. The van der Waals surface area contributed by atoms with Gasteiger partial charge in [0, 0.05) is 0 Å². The molecule has 0 aliphatic carbocycles. The molecule has 0 nitrogen and oxygen atoms in total. The van der Waals surface area contributed by atoms with Crippen molar-refractivity contribution < 1.29 is 0 Å². The Labute approximate surface area is 107 Å². The van der Waals surface area contributed by atoms with Gasteiger partial charge in [-0.25, -0.2) is 0 Å². The highest BCUT2D eigenvalue weighted by molar-refractivity contribution is 5.32. The Morgan fingerprint density at radius 1 is 0.706 bits per heavy atom. The minimum atomic E-state index is 0.299. The fourth-order valence-electron chi connectivity index (χ4n) is 2.19. The van der Waals surface area contributed by atoms with Crippen molar-refractivity contribution in [3.05, 3.63) is 35.4 Å². The Morgan fingerprint density at radius 3 is 1.47 bits per heavy atom. The maximum absolute atomic E-state index is 2.37. The van der Waals surface area contributed by atoms with Crippen LogP contribution in [-0.4, -0.2) is 0 Å². The average Bonchev–Trinajstić information content (AvgIpc) is 2.38. The van der Waals surface area contributed by atoms with E-state index < -0.39 is 0 Å². The van der Waals surface area contributed by atoms with Crippen LogP contribution in [-0.2, 0) is 10.8 Å². The smallest absolute Gasteiger partial charge is 0.00805 e. The Kier molecular flexibility index (Phi) is 4.41. The van der Waals surface area contributed by atoms with Crippen molar-refractivity contribution in [2.24, 2.45) is 0 Å². The molecular formula is C17H28. The quantitative estimate of drug-likeness (QED) is 0.633. The maximum atomic E-state index is 2.37. The van der Waals surface area contributed by atoms with E-state index in [1.807, 2.05) is 0 Å². The summed E-state index contributed by atoms with van der Waals surface area (Å²) in [4.78, 5) is 0. The fraction of sp³-hybridized carbons (Fsp3) is 0.647. The predicted octanol–water partition coefficient (Wildman–Crippen LogP) is 5.45. The standard InChI is InChI=1S/C17H28/c1-7-16(4,5)14-10-12-15(13-11-14)17(6,8-2)9-3/h10-13H,7-9H2,1-6H3. The molecule has 0 aromatic heterocycles. The van der Waals surface area contributed by atoms with E-state index in [0.29, 0.717) is 10.8 Å².